The Bertz CT molecular complexity index is 677. The van der Waals surface area contributed by atoms with E-state index in [0.717, 1.165) is 18.3 Å². The van der Waals surface area contributed by atoms with E-state index in [2.05, 4.69) is 5.10 Å². The maximum atomic E-state index is 13.4. The van der Waals surface area contributed by atoms with Crippen LogP contribution in [0.1, 0.15) is 15.9 Å². The molecule has 0 atom stereocenters. The summed E-state index contributed by atoms with van der Waals surface area (Å²) in [5.41, 5.74) is -0.0544. The highest BCUT2D eigenvalue weighted by Crippen LogP contribution is 2.29. The van der Waals surface area contributed by atoms with Gasteiger partial charge in [-0.05, 0) is 30.2 Å². The first-order valence-corrected chi connectivity index (χ1v) is 5.36. The van der Waals surface area contributed by atoms with E-state index in [1.54, 1.807) is 0 Å². The van der Waals surface area contributed by atoms with Crippen molar-refractivity contribution >= 4 is 5.97 Å². The minimum Gasteiger partial charge on any atom is -0.478 e. The molecular weight excluding hydrogens is 280 g/mol. The summed E-state index contributed by atoms with van der Waals surface area (Å²) in [6.45, 7) is 1.47. The number of aromatic nitrogens is 2. The number of carboxylic acids is 1. The molecule has 0 aliphatic carbocycles. The summed E-state index contributed by atoms with van der Waals surface area (Å²) in [5, 5.41) is 12.0. The third-order valence-corrected chi connectivity index (χ3v) is 2.70. The Morgan fingerprint density at radius 3 is 2.50 bits per heavy atom. The van der Waals surface area contributed by atoms with Gasteiger partial charge in [-0.25, -0.2) is 9.18 Å². The SMILES string of the molecule is Cc1cc(F)c(C(=O)O)cc1-c1cnn(C(F)(F)F)c1. The standard InChI is InChI=1S/C12H8F4N2O2/c1-6-2-10(13)9(11(19)20)3-8(6)7-4-17-18(5-7)12(14,15)16/h2-5H,1H3,(H,19,20). The second-order valence-electron chi connectivity index (χ2n) is 4.09. The molecule has 106 valence electrons. The van der Waals surface area contributed by atoms with Crippen LogP contribution in [0.5, 0.6) is 0 Å². The van der Waals surface area contributed by atoms with Gasteiger partial charge < -0.3 is 5.11 Å². The lowest BCUT2D eigenvalue weighted by Gasteiger charge is -2.07. The Labute approximate surface area is 110 Å². The van der Waals surface area contributed by atoms with E-state index in [0.29, 0.717) is 11.8 Å². The van der Waals surface area contributed by atoms with Gasteiger partial charge in [0.1, 0.15) is 5.82 Å². The first kappa shape index (κ1) is 14.0. The van der Waals surface area contributed by atoms with Crippen LogP contribution in [0.2, 0.25) is 0 Å². The summed E-state index contributed by atoms with van der Waals surface area (Å²) in [6.07, 6.45) is -3.01. The summed E-state index contributed by atoms with van der Waals surface area (Å²) < 4.78 is 50.5. The number of carbonyl (C=O) groups is 1. The molecule has 0 aliphatic rings. The molecule has 1 heterocycles. The van der Waals surface area contributed by atoms with E-state index < -0.39 is 23.7 Å². The van der Waals surface area contributed by atoms with Crippen LogP contribution < -0.4 is 0 Å². The van der Waals surface area contributed by atoms with E-state index >= 15 is 0 Å². The fraction of sp³-hybridized carbons (Fsp3) is 0.167. The lowest BCUT2D eigenvalue weighted by atomic mass is 10.00. The number of benzene rings is 1. The van der Waals surface area contributed by atoms with Crippen LogP contribution in [-0.2, 0) is 6.30 Å². The molecule has 2 rings (SSSR count). The summed E-state index contributed by atoms with van der Waals surface area (Å²) >= 11 is 0. The average Bonchev–Trinajstić information content (AvgIpc) is 2.77. The number of nitrogens with zero attached hydrogens (tertiary/aromatic N) is 2. The van der Waals surface area contributed by atoms with Gasteiger partial charge in [-0.3, -0.25) is 0 Å². The quantitative estimate of drug-likeness (QED) is 0.863. The minimum atomic E-state index is -4.66. The van der Waals surface area contributed by atoms with Gasteiger partial charge >= 0.3 is 12.3 Å². The summed E-state index contributed by atoms with van der Waals surface area (Å²) in [7, 11) is 0. The molecule has 2 aromatic rings. The van der Waals surface area contributed by atoms with Gasteiger partial charge in [0.25, 0.3) is 0 Å². The molecule has 0 saturated heterocycles. The zero-order chi connectivity index (χ0) is 15.1. The molecule has 0 fully saturated rings. The van der Waals surface area contributed by atoms with Crippen LogP contribution in [0.25, 0.3) is 11.1 Å². The van der Waals surface area contributed by atoms with Gasteiger partial charge in [0.15, 0.2) is 0 Å². The summed E-state index contributed by atoms with van der Waals surface area (Å²) in [5.74, 6) is -2.44. The second kappa shape index (κ2) is 4.62. The van der Waals surface area contributed by atoms with E-state index in [9.17, 15) is 22.4 Å². The predicted molar refractivity (Wildman–Crippen MR) is 60.6 cm³/mol. The number of aryl methyl sites for hydroxylation is 1. The lowest BCUT2D eigenvalue weighted by molar-refractivity contribution is -0.212. The molecule has 0 aliphatic heterocycles. The zero-order valence-corrected chi connectivity index (χ0v) is 10.1. The van der Waals surface area contributed by atoms with Gasteiger partial charge in [-0.1, -0.05) is 0 Å². The van der Waals surface area contributed by atoms with Crippen LogP contribution in [0, 0.1) is 12.7 Å². The van der Waals surface area contributed by atoms with Crippen molar-refractivity contribution in [2.75, 3.05) is 0 Å². The predicted octanol–water partition coefficient (Wildman–Crippen LogP) is 3.17. The second-order valence-corrected chi connectivity index (χ2v) is 4.09. The number of hydrogen-bond acceptors (Lipinski definition) is 2. The summed E-state index contributed by atoms with van der Waals surface area (Å²) in [4.78, 5) is 10.8. The molecule has 20 heavy (non-hydrogen) atoms. The van der Waals surface area contributed by atoms with Gasteiger partial charge in [-0.2, -0.15) is 9.78 Å². The molecule has 0 radical (unpaired) electrons. The van der Waals surface area contributed by atoms with Crippen LogP contribution in [-0.4, -0.2) is 20.9 Å². The largest absolute Gasteiger partial charge is 0.504 e. The minimum absolute atomic E-state index is 0.0577. The van der Waals surface area contributed by atoms with Gasteiger partial charge in [-0.15, -0.1) is 13.2 Å². The van der Waals surface area contributed by atoms with Gasteiger partial charge in [0, 0.05) is 11.8 Å². The molecule has 1 aromatic heterocycles. The normalized spacial score (nSPS) is 11.7. The molecule has 1 aromatic carbocycles. The number of rotatable bonds is 2. The van der Waals surface area contributed by atoms with Crippen molar-refractivity contribution in [1.29, 1.82) is 0 Å². The Morgan fingerprint density at radius 2 is 2.00 bits per heavy atom. The molecule has 0 amide bonds. The molecule has 4 nitrogen and oxygen atoms in total. The van der Waals surface area contributed by atoms with E-state index in [-0.39, 0.29) is 15.8 Å². The maximum Gasteiger partial charge on any atom is 0.504 e. The number of carboxylic acid groups (broad SMARTS) is 1. The van der Waals surface area contributed by atoms with Crippen molar-refractivity contribution in [1.82, 2.24) is 9.78 Å². The van der Waals surface area contributed by atoms with Crippen molar-refractivity contribution in [3.63, 3.8) is 0 Å². The Kier molecular flexibility index (Phi) is 3.24. The van der Waals surface area contributed by atoms with Gasteiger partial charge in [0.2, 0.25) is 0 Å². The van der Waals surface area contributed by atoms with E-state index in [4.69, 9.17) is 5.11 Å². The fourth-order valence-corrected chi connectivity index (χ4v) is 1.75. The van der Waals surface area contributed by atoms with Crippen LogP contribution >= 0.6 is 0 Å². The van der Waals surface area contributed by atoms with E-state index in [1.165, 1.54) is 6.92 Å². The molecule has 1 N–H and O–H groups in total. The molecule has 0 bridgehead atoms. The molecule has 0 spiro atoms. The smallest absolute Gasteiger partial charge is 0.478 e. The highest BCUT2D eigenvalue weighted by molar-refractivity contribution is 5.90. The number of aromatic carboxylic acids is 1. The van der Waals surface area contributed by atoms with Crippen molar-refractivity contribution in [2.45, 2.75) is 13.2 Å². The molecule has 8 heteroatoms. The fourth-order valence-electron chi connectivity index (χ4n) is 1.75. The number of halogens is 4. The van der Waals surface area contributed by atoms with Crippen molar-refractivity contribution in [3.05, 3.63) is 41.5 Å². The Balaban J connectivity index is 2.55. The Hall–Kier alpha value is -2.38. The summed E-state index contributed by atoms with van der Waals surface area (Å²) in [6, 6.07) is 1.95. The van der Waals surface area contributed by atoms with Crippen molar-refractivity contribution in [3.8, 4) is 11.1 Å². The third kappa shape index (κ3) is 2.49. The average molecular weight is 288 g/mol. The van der Waals surface area contributed by atoms with Crippen LogP contribution in [0.3, 0.4) is 0 Å². The molecule has 0 saturated carbocycles. The highest BCUT2D eigenvalue weighted by Gasteiger charge is 2.31. The topological polar surface area (TPSA) is 55.1 Å². The first-order valence-electron chi connectivity index (χ1n) is 5.36. The van der Waals surface area contributed by atoms with Crippen molar-refractivity contribution < 1.29 is 27.5 Å². The van der Waals surface area contributed by atoms with Crippen molar-refractivity contribution in [2.24, 2.45) is 0 Å². The number of alkyl halides is 3. The molecule has 0 unspecified atom stereocenters. The van der Waals surface area contributed by atoms with Crippen LogP contribution in [0.15, 0.2) is 24.5 Å². The lowest BCUT2D eigenvalue weighted by Crippen LogP contribution is -2.16. The Morgan fingerprint density at radius 1 is 1.35 bits per heavy atom. The third-order valence-electron chi connectivity index (χ3n) is 2.70. The van der Waals surface area contributed by atoms with E-state index in [1.807, 2.05) is 0 Å². The number of hydrogen-bond donors (Lipinski definition) is 1. The maximum absolute atomic E-state index is 13.4. The molecular formula is C12H8F4N2O2. The van der Waals surface area contributed by atoms with Crippen LogP contribution in [0.4, 0.5) is 17.6 Å². The van der Waals surface area contributed by atoms with Gasteiger partial charge in [0.05, 0.1) is 11.8 Å². The highest BCUT2D eigenvalue weighted by atomic mass is 19.4. The monoisotopic (exact) mass is 288 g/mol. The first-order chi connectivity index (χ1) is 9.20. The zero-order valence-electron chi connectivity index (χ0n) is 10.1.